The third-order valence-electron chi connectivity index (χ3n) is 4.62. The molecule has 124 valence electrons. The van der Waals surface area contributed by atoms with E-state index in [1.807, 2.05) is 12.4 Å². The van der Waals surface area contributed by atoms with Crippen molar-refractivity contribution in [2.75, 3.05) is 37.7 Å². The molecule has 22 heavy (non-hydrogen) atoms. The molecule has 0 amide bonds. The maximum Gasteiger partial charge on any atom is 0.225 e. The third-order valence-corrected chi connectivity index (χ3v) is 4.62. The summed E-state index contributed by atoms with van der Waals surface area (Å²) in [7, 11) is 0. The molecule has 2 aliphatic heterocycles. The van der Waals surface area contributed by atoms with E-state index in [1.54, 1.807) is 0 Å². The molecule has 1 aromatic heterocycles. The molecular weight excluding hydrogens is 300 g/mol. The fourth-order valence-electron chi connectivity index (χ4n) is 2.90. The number of halogens is 1. The van der Waals surface area contributed by atoms with Gasteiger partial charge in [-0.05, 0) is 37.2 Å². The Kier molecular flexibility index (Phi) is 6.86. The lowest BCUT2D eigenvalue weighted by atomic mass is 9.94. The Morgan fingerprint density at radius 3 is 2.45 bits per heavy atom. The first-order chi connectivity index (χ1) is 10.3. The van der Waals surface area contributed by atoms with E-state index in [-0.39, 0.29) is 12.4 Å². The number of nitrogens with zero attached hydrogens (tertiary/aromatic N) is 3. The minimum atomic E-state index is 0. The van der Waals surface area contributed by atoms with Gasteiger partial charge in [0.05, 0.1) is 6.10 Å². The predicted molar refractivity (Wildman–Crippen MR) is 90.8 cm³/mol. The second-order valence-electron chi connectivity index (χ2n) is 6.12. The molecule has 3 rings (SSSR count). The summed E-state index contributed by atoms with van der Waals surface area (Å²) in [5, 5.41) is 3.24. The van der Waals surface area contributed by atoms with Gasteiger partial charge < -0.3 is 15.0 Å². The van der Waals surface area contributed by atoms with Crippen LogP contribution in [-0.2, 0) is 11.2 Å². The van der Waals surface area contributed by atoms with Crippen molar-refractivity contribution in [3.63, 3.8) is 0 Å². The van der Waals surface area contributed by atoms with Crippen LogP contribution in [0.4, 0.5) is 5.95 Å². The van der Waals surface area contributed by atoms with Crippen LogP contribution in [0.1, 0.15) is 31.7 Å². The molecule has 3 heterocycles. The summed E-state index contributed by atoms with van der Waals surface area (Å²) < 4.78 is 5.82. The standard InChI is InChI=1S/C16H26N4O.ClH/c1-2-13-9-18-16(19-10-13)20-6-3-14(4-7-20)5-8-21-15-11-17-12-15;/h9-10,14-15,17H,2-8,11-12H2,1H3;1H. The van der Waals surface area contributed by atoms with Crippen LogP contribution in [-0.4, -0.2) is 48.9 Å². The molecule has 1 N–H and O–H groups in total. The molecule has 0 bridgehead atoms. The number of ether oxygens (including phenoxy) is 1. The Morgan fingerprint density at radius 1 is 1.23 bits per heavy atom. The molecule has 0 aliphatic carbocycles. The smallest absolute Gasteiger partial charge is 0.225 e. The Labute approximate surface area is 139 Å². The first-order valence-corrected chi connectivity index (χ1v) is 8.23. The monoisotopic (exact) mass is 326 g/mol. The predicted octanol–water partition coefficient (Wildman–Crippen LogP) is 2.06. The van der Waals surface area contributed by atoms with Gasteiger partial charge in [0.25, 0.3) is 0 Å². The van der Waals surface area contributed by atoms with Gasteiger partial charge in [0, 0.05) is 45.2 Å². The number of aromatic nitrogens is 2. The second-order valence-corrected chi connectivity index (χ2v) is 6.12. The van der Waals surface area contributed by atoms with Crippen LogP contribution >= 0.6 is 12.4 Å². The van der Waals surface area contributed by atoms with Gasteiger partial charge in [0.1, 0.15) is 0 Å². The quantitative estimate of drug-likeness (QED) is 0.867. The Morgan fingerprint density at radius 2 is 1.91 bits per heavy atom. The molecule has 0 atom stereocenters. The lowest BCUT2D eigenvalue weighted by molar-refractivity contribution is 0.0110. The van der Waals surface area contributed by atoms with Crippen LogP contribution in [0.25, 0.3) is 0 Å². The van der Waals surface area contributed by atoms with E-state index in [1.165, 1.54) is 24.8 Å². The zero-order valence-corrected chi connectivity index (χ0v) is 14.1. The van der Waals surface area contributed by atoms with Crippen LogP contribution in [0, 0.1) is 5.92 Å². The molecule has 6 heteroatoms. The van der Waals surface area contributed by atoms with Crippen molar-refractivity contribution in [2.45, 2.75) is 38.7 Å². The van der Waals surface area contributed by atoms with Crippen molar-refractivity contribution in [1.29, 1.82) is 0 Å². The van der Waals surface area contributed by atoms with Gasteiger partial charge >= 0.3 is 0 Å². The fraction of sp³-hybridized carbons (Fsp3) is 0.750. The van der Waals surface area contributed by atoms with Crippen molar-refractivity contribution >= 4 is 18.4 Å². The largest absolute Gasteiger partial charge is 0.376 e. The highest BCUT2D eigenvalue weighted by molar-refractivity contribution is 5.85. The topological polar surface area (TPSA) is 50.3 Å². The van der Waals surface area contributed by atoms with E-state index in [0.717, 1.165) is 51.1 Å². The van der Waals surface area contributed by atoms with E-state index >= 15 is 0 Å². The zero-order valence-electron chi connectivity index (χ0n) is 13.3. The van der Waals surface area contributed by atoms with E-state index in [0.29, 0.717) is 6.10 Å². The van der Waals surface area contributed by atoms with E-state index in [2.05, 4.69) is 27.1 Å². The lowest BCUT2D eigenvalue weighted by Gasteiger charge is -2.33. The Hall–Kier alpha value is -0.910. The van der Waals surface area contributed by atoms with Crippen molar-refractivity contribution in [2.24, 2.45) is 5.92 Å². The van der Waals surface area contributed by atoms with Gasteiger partial charge in [-0.1, -0.05) is 6.92 Å². The zero-order chi connectivity index (χ0) is 14.5. The van der Waals surface area contributed by atoms with Gasteiger partial charge in [-0.15, -0.1) is 12.4 Å². The van der Waals surface area contributed by atoms with Gasteiger partial charge in [0.2, 0.25) is 5.95 Å². The van der Waals surface area contributed by atoms with Crippen molar-refractivity contribution < 1.29 is 4.74 Å². The van der Waals surface area contributed by atoms with Gasteiger partial charge in [-0.3, -0.25) is 0 Å². The highest BCUT2D eigenvalue weighted by Gasteiger charge is 2.22. The molecule has 0 radical (unpaired) electrons. The van der Waals surface area contributed by atoms with Gasteiger partial charge in [-0.25, -0.2) is 9.97 Å². The highest BCUT2D eigenvalue weighted by Crippen LogP contribution is 2.23. The molecule has 5 nitrogen and oxygen atoms in total. The highest BCUT2D eigenvalue weighted by atomic mass is 35.5. The summed E-state index contributed by atoms with van der Waals surface area (Å²) in [5.74, 6) is 1.69. The van der Waals surface area contributed by atoms with Crippen molar-refractivity contribution in [3.05, 3.63) is 18.0 Å². The number of rotatable bonds is 6. The molecule has 2 fully saturated rings. The summed E-state index contributed by atoms with van der Waals surface area (Å²) >= 11 is 0. The second kappa shape index (κ2) is 8.65. The van der Waals surface area contributed by atoms with Gasteiger partial charge in [0.15, 0.2) is 0 Å². The van der Waals surface area contributed by atoms with Crippen LogP contribution in [0.2, 0.25) is 0 Å². The minimum Gasteiger partial charge on any atom is -0.376 e. The first kappa shape index (κ1) is 17.4. The van der Waals surface area contributed by atoms with Gasteiger partial charge in [-0.2, -0.15) is 0 Å². The van der Waals surface area contributed by atoms with E-state index < -0.39 is 0 Å². The lowest BCUT2D eigenvalue weighted by Crippen LogP contribution is -2.48. The Balaban J connectivity index is 0.00000176. The first-order valence-electron chi connectivity index (χ1n) is 8.23. The molecule has 0 saturated carbocycles. The fourth-order valence-corrected chi connectivity index (χ4v) is 2.90. The molecule has 1 aromatic rings. The van der Waals surface area contributed by atoms with Crippen LogP contribution in [0.3, 0.4) is 0 Å². The number of hydrogen-bond donors (Lipinski definition) is 1. The number of hydrogen-bond acceptors (Lipinski definition) is 5. The number of anilines is 1. The van der Waals surface area contributed by atoms with Crippen LogP contribution in [0.15, 0.2) is 12.4 Å². The summed E-state index contributed by atoms with van der Waals surface area (Å²) in [6, 6.07) is 0. The molecule has 2 saturated heterocycles. The van der Waals surface area contributed by atoms with Crippen LogP contribution in [0.5, 0.6) is 0 Å². The number of piperidine rings is 1. The van der Waals surface area contributed by atoms with E-state index in [4.69, 9.17) is 4.74 Å². The molecule has 0 unspecified atom stereocenters. The summed E-state index contributed by atoms with van der Waals surface area (Å²) in [4.78, 5) is 11.3. The van der Waals surface area contributed by atoms with Crippen molar-refractivity contribution in [1.82, 2.24) is 15.3 Å². The molecule has 0 spiro atoms. The molecule has 2 aliphatic rings. The minimum absolute atomic E-state index is 0. The maximum atomic E-state index is 5.82. The third kappa shape index (κ3) is 4.54. The van der Waals surface area contributed by atoms with E-state index in [9.17, 15) is 0 Å². The Bertz CT molecular complexity index is 430. The SMILES string of the molecule is CCc1cnc(N2CCC(CCOC3CNC3)CC2)nc1.Cl. The number of aryl methyl sites for hydroxylation is 1. The summed E-state index contributed by atoms with van der Waals surface area (Å²) in [6.07, 6.45) is 9.02. The average Bonchev–Trinajstić information content (AvgIpc) is 2.50. The maximum absolute atomic E-state index is 5.82. The van der Waals surface area contributed by atoms with Crippen molar-refractivity contribution in [3.8, 4) is 0 Å². The normalized spacial score (nSPS) is 19.6. The molecule has 0 aromatic carbocycles. The summed E-state index contributed by atoms with van der Waals surface area (Å²) in [6.45, 7) is 7.25. The van der Waals surface area contributed by atoms with Crippen LogP contribution < -0.4 is 10.2 Å². The average molecular weight is 327 g/mol. The summed E-state index contributed by atoms with van der Waals surface area (Å²) in [5.41, 5.74) is 1.20. The number of nitrogens with one attached hydrogen (secondary N) is 1. The molecular formula is C16H27ClN4O.